The molecule has 5 heterocycles. The number of aromatic nitrogens is 2. The van der Waals surface area contributed by atoms with Crippen molar-refractivity contribution < 1.29 is 37.1 Å². The molecule has 1 aromatic heterocycles. The van der Waals surface area contributed by atoms with E-state index < -0.39 is 58.5 Å². The van der Waals surface area contributed by atoms with Gasteiger partial charge < -0.3 is 10.2 Å². The zero-order valence-electron chi connectivity index (χ0n) is 28.0. The zero-order valence-corrected chi connectivity index (χ0v) is 28.0. The minimum atomic E-state index is -4.75. The SMILES string of the molecule is [C-]#[N+]c1ccc(NC(=O)C(C)(C)n2cc(C#CC3CN(C4CN(c5ccc6c(c5)C(=O)N(C5CCC(=O)NC5=O)C6=O)C4)C3)cn2)cc1C(F)(F)F. The molecule has 4 aliphatic rings. The predicted octanol–water partition coefficient (Wildman–Crippen LogP) is 3.40. The summed E-state index contributed by atoms with van der Waals surface area (Å²) in [4.78, 5) is 71.4. The van der Waals surface area contributed by atoms with E-state index in [1.807, 2.05) is 0 Å². The number of rotatable bonds is 6. The Balaban J connectivity index is 0.908. The van der Waals surface area contributed by atoms with Gasteiger partial charge in [0.1, 0.15) is 11.6 Å². The van der Waals surface area contributed by atoms with Crippen LogP contribution in [0.2, 0.25) is 0 Å². The highest BCUT2D eigenvalue weighted by molar-refractivity contribution is 6.23. The van der Waals surface area contributed by atoms with Gasteiger partial charge in [0.25, 0.3) is 17.7 Å². The Hall–Kier alpha value is -6.00. The molecule has 1 unspecified atom stereocenters. The fourth-order valence-electron chi connectivity index (χ4n) is 6.66. The van der Waals surface area contributed by atoms with Gasteiger partial charge in [0.2, 0.25) is 11.8 Å². The lowest BCUT2D eigenvalue weighted by molar-refractivity contribution is -0.137. The summed E-state index contributed by atoms with van der Waals surface area (Å²) in [6.45, 7) is 13.1. The van der Waals surface area contributed by atoms with Crippen LogP contribution in [0.1, 0.15) is 58.5 Å². The van der Waals surface area contributed by atoms with Crippen LogP contribution in [0.5, 0.6) is 0 Å². The molecule has 4 aliphatic heterocycles. The summed E-state index contributed by atoms with van der Waals surface area (Å²) in [5.74, 6) is 3.71. The molecule has 52 heavy (non-hydrogen) atoms. The first-order valence-electron chi connectivity index (χ1n) is 16.5. The molecule has 16 heteroatoms. The van der Waals surface area contributed by atoms with Crippen LogP contribution in [-0.2, 0) is 26.1 Å². The number of fused-ring (bicyclic) bond motifs is 1. The van der Waals surface area contributed by atoms with Gasteiger partial charge in [-0.1, -0.05) is 17.9 Å². The lowest BCUT2D eigenvalue weighted by atomic mass is 9.94. The number of alkyl halides is 3. The normalized spacial score (nSPS) is 19.7. The van der Waals surface area contributed by atoms with Gasteiger partial charge in [-0.3, -0.25) is 43.8 Å². The average Bonchev–Trinajstić information content (AvgIpc) is 3.63. The Morgan fingerprint density at radius 2 is 1.75 bits per heavy atom. The van der Waals surface area contributed by atoms with Crippen LogP contribution in [0, 0.1) is 24.3 Å². The maximum absolute atomic E-state index is 13.4. The Bertz CT molecular complexity index is 2150. The largest absolute Gasteiger partial charge is 0.407 e. The first-order valence-corrected chi connectivity index (χ1v) is 16.5. The number of hydrogen-bond donors (Lipinski definition) is 2. The molecule has 2 aromatic carbocycles. The molecule has 1 atom stereocenters. The second-order valence-electron chi connectivity index (χ2n) is 13.7. The summed E-state index contributed by atoms with van der Waals surface area (Å²) >= 11 is 0. The fourth-order valence-corrected chi connectivity index (χ4v) is 6.66. The Morgan fingerprint density at radius 3 is 2.44 bits per heavy atom. The summed E-state index contributed by atoms with van der Waals surface area (Å²) in [6, 6.07) is 7.37. The number of amides is 5. The fraction of sp³-hybridized carbons (Fsp3) is 0.361. The van der Waals surface area contributed by atoms with E-state index >= 15 is 0 Å². The van der Waals surface area contributed by atoms with Crippen molar-refractivity contribution in [2.75, 3.05) is 36.4 Å². The maximum Gasteiger partial charge on any atom is 0.407 e. The van der Waals surface area contributed by atoms with Crippen molar-refractivity contribution in [1.29, 1.82) is 0 Å². The number of nitrogens with one attached hydrogen (secondary N) is 2. The molecule has 2 N–H and O–H groups in total. The number of likely N-dealkylation sites (tertiary alicyclic amines) is 1. The van der Waals surface area contributed by atoms with Crippen LogP contribution < -0.4 is 15.5 Å². The standard InChI is InChI=1S/C36H31F3N8O5/c1-35(2,34(52)42-22-6-9-28(40-3)27(12-22)36(37,38)39)46-17-20(14-41-46)4-5-21-15-44(16-21)24-18-45(19-24)23-7-8-25-26(13-23)33(51)47(32(25)50)29-10-11-30(48)43-31(29)49/h6-9,12-14,17,21,24,29H,10-11,15-16,18-19H2,1-2H3,(H,42,52)(H,43,48,49). The van der Waals surface area contributed by atoms with Gasteiger partial charge in [0, 0.05) is 62.1 Å². The zero-order chi connectivity index (χ0) is 37.1. The number of anilines is 2. The van der Waals surface area contributed by atoms with Gasteiger partial charge in [-0.25, -0.2) is 4.85 Å². The van der Waals surface area contributed by atoms with E-state index in [4.69, 9.17) is 6.57 Å². The monoisotopic (exact) mass is 712 g/mol. The molecule has 0 aliphatic carbocycles. The van der Waals surface area contributed by atoms with Crippen molar-refractivity contribution in [2.24, 2.45) is 5.92 Å². The molecule has 266 valence electrons. The predicted molar refractivity (Wildman–Crippen MR) is 179 cm³/mol. The van der Waals surface area contributed by atoms with Gasteiger partial charge in [-0.15, -0.1) is 0 Å². The minimum absolute atomic E-state index is 0.0573. The number of benzene rings is 2. The number of hydrogen-bond acceptors (Lipinski definition) is 8. The van der Waals surface area contributed by atoms with Gasteiger partial charge in [0.05, 0.1) is 35.0 Å². The third-order valence-corrected chi connectivity index (χ3v) is 9.89. The molecule has 3 fully saturated rings. The molecular formula is C36H31F3N8O5. The summed E-state index contributed by atoms with van der Waals surface area (Å²) in [5, 5.41) is 8.96. The summed E-state index contributed by atoms with van der Waals surface area (Å²) < 4.78 is 41.5. The molecule has 5 amide bonds. The van der Waals surface area contributed by atoms with Gasteiger partial charge in [0.15, 0.2) is 5.69 Å². The molecule has 0 spiro atoms. The van der Waals surface area contributed by atoms with Gasteiger partial charge in [-0.05, 0) is 50.6 Å². The van der Waals surface area contributed by atoms with E-state index in [-0.39, 0.29) is 41.6 Å². The molecular weight excluding hydrogens is 681 g/mol. The summed E-state index contributed by atoms with van der Waals surface area (Å²) in [5.41, 5.74) is -1.18. The number of nitrogens with zero attached hydrogens (tertiary/aromatic N) is 6. The van der Waals surface area contributed by atoms with E-state index in [0.29, 0.717) is 5.56 Å². The molecule has 0 bridgehead atoms. The third-order valence-electron chi connectivity index (χ3n) is 9.89. The van der Waals surface area contributed by atoms with Crippen LogP contribution in [0.15, 0.2) is 48.8 Å². The first-order chi connectivity index (χ1) is 24.6. The lowest BCUT2D eigenvalue weighted by Crippen LogP contribution is -2.65. The van der Waals surface area contributed by atoms with E-state index in [0.717, 1.165) is 48.9 Å². The number of carbonyl (C=O) groups excluding carboxylic acids is 5. The van der Waals surface area contributed by atoms with Crippen molar-refractivity contribution in [3.05, 3.63) is 82.5 Å². The lowest BCUT2D eigenvalue weighted by Gasteiger charge is -2.51. The van der Waals surface area contributed by atoms with Crippen molar-refractivity contribution in [1.82, 2.24) is 24.9 Å². The van der Waals surface area contributed by atoms with Crippen LogP contribution in [0.25, 0.3) is 4.85 Å². The highest BCUT2D eigenvalue weighted by Gasteiger charge is 2.45. The van der Waals surface area contributed by atoms with Crippen LogP contribution >= 0.6 is 0 Å². The Labute approximate surface area is 295 Å². The molecule has 3 saturated heterocycles. The Morgan fingerprint density at radius 1 is 1.02 bits per heavy atom. The number of carbonyl (C=O) groups is 5. The topological polar surface area (TPSA) is 141 Å². The second-order valence-corrected chi connectivity index (χ2v) is 13.7. The van der Waals surface area contributed by atoms with Crippen LogP contribution in [0.3, 0.4) is 0 Å². The van der Waals surface area contributed by atoms with Crippen molar-refractivity contribution in [2.45, 2.75) is 50.5 Å². The number of halogens is 3. The van der Waals surface area contributed by atoms with Crippen LogP contribution in [0.4, 0.5) is 30.2 Å². The van der Waals surface area contributed by atoms with E-state index in [2.05, 4.69) is 42.2 Å². The van der Waals surface area contributed by atoms with E-state index in [1.165, 1.54) is 16.9 Å². The van der Waals surface area contributed by atoms with Crippen molar-refractivity contribution >= 4 is 46.6 Å². The molecule has 3 aromatic rings. The van der Waals surface area contributed by atoms with E-state index in [1.54, 1.807) is 38.2 Å². The molecule has 7 rings (SSSR count). The van der Waals surface area contributed by atoms with Crippen LogP contribution in [-0.4, -0.2) is 87.4 Å². The Kier molecular flexibility index (Phi) is 8.38. The van der Waals surface area contributed by atoms with Gasteiger partial charge in [-0.2, -0.15) is 18.3 Å². The van der Waals surface area contributed by atoms with Crippen molar-refractivity contribution in [3.63, 3.8) is 0 Å². The maximum atomic E-state index is 13.4. The molecule has 0 saturated carbocycles. The second kappa shape index (κ2) is 12.6. The molecule has 0 radical (unpaired) electrons. The first kappa shape index (κ1) is 34.4. The highest BCUT2D eigenvalue weighted by Crippen LogP contribution is 2.38. The smallest absolute Gasteiger partial charge is 0.368 e. The van der Waals surface area contributed by atoms with E-state index in [9.17, 15) is 37.1 Å². The minimum Gasteiger partial charge on any atom is -0.368 e. The summed E-state index contributed by atoms with van der Waals surface area (Å²) in [6.07, 6.45) is -1.46. The van der Waals surface area contributed by atoms with Crippen molar-refractivity contribution in [3.8, 4) is 11.8 Å². The quantitative estimate of drug-likeness (QED) is 0.225. The summed E-state index contributed by atoms with van der Waals surface area (Å²) in [7, 11) is 0. The average molecular weight is 713 g/mol. The number of imide groups is 2. The highest BCUT2D eigenvalue weighted by atomic mass is 19.4. The molecule has 13 nitrogen and oxygen atoms in total. The van der Waals surface area contributed by atoms with Gasteiger partial charge >= 0.3 is 6.18 Å². The third kappa shape index (κ3) is 6.15. The number of piperidine rings is 1.